The van der Waals surface area contributed by atoms with Crippen molar-refractivity contribution in [3.63, 3.8) is 0 Å². The summed E-state index contributed by atoms with van der Waals surface area (Å²) in [6.07, 6.45) is 0.234. The van der Waals surface area contributed by atoms with E-state index in [4.69, 9.17) is 5.73 Å². The molecule has 0 unspecified atom stereocenters. The molecule has 3 nitrogen and oxygen atoms in total. The van der Waals surface area contributed by atoms with Gasteiger partial charge in [0.1, 0.15) is 5.82 Å². The highest BCUT2D eigenvalue weighted by molar-refractivity contribution is 7.08. The van der Waals surface area contributed by atoms with E-state index in [2.05, 4.69) is 5.32 Å². The SMILES string of the molecule is Nc1ccc(F)c(NC(=O)Cc2ccsc2)c1. The van der Waals surface area contributed by atoms with Crippen LogP contribution in [0.15, 0.2) is 35.0 Å². The van der Waals surface area contributed by atoms with E-state index in [1.165, 1.54) is 29.5 Å². The van der Waals surface area contributed by atoms with Crippen molar-refractivity contribution < 1.29 is 9.18 Å². The van der Waals surface area contributed by atoms with Crippen LogP contribution in [0.5, 0.6) is 0 Å². The number of thiophene rings is 1. The van der Waals surface area contributed by atoms with Crippen LogP contribution < -0.4 is 11.1 Å². The van der Waals surface area contributed by atoms with Crippen LogP contribution in [0, 0.1) is 5.82 Å². The zero-order chi connectivity index (χ0) is 12.3. The summed E-state index contributed by atoms with van der Waals surface area (Å²) < 4.78 is 13.3. The van der Waals surface area contributed by atoms with Gasteiger partial charge in [0.2, 0.25) is 5.91 Å². The third-order valence-electron chi connectivity index (χ3n) is 2.21. The normalized spacial score (nSPS) is 10.2. The number of nitrogens with one attached hydrogen (secondary N) is 1. The van der Waals surface area contributed by atoms with Crippen molar-refractivity contribution in [1.29, 1.82) is 0 Å². The molecule has 0 aliphatic carbocycles. The molecule has 1 aromatic carbocycles. The summed E-state index contributed by atoms with van der Waals surface area (Å²) >= 11 is 1.52. The zero-order valence-electron chi connectivity index (χ0n) is 8.94. The predicted molar refractivity (Wildman–Crippen MR) is 67.5 cm³/mol. The molecule has 0 fully saturated rings. The Hall–Kier alpha value is -1.88. The number of nitrogen functional groups attached to an aromatic ring is 1. The van der Waals surface area contributed by atoms with Gasteiger partial charge in [-0.1, -0.05) is 0 Å². The number of benzene rings is 1. The fourth-order valence-corrected chi connectivity index (χ4v) is 2.08. The summed E-state index contributed by atoms with van der Waals surface area (Å²) in [7, 11) is 0. The van der Waals surface area contributed by atoms with Gasteiger partial charge in [-0.2, -0.15) is 11.3 Å². The molecule has 1 amide bonds. The molecule has 2 aromatic rings. The maximum atomic E-state index is 13.3. The first-order chi connectivity index (χ1) is 8.15. The molecule has 0 spiro atoms. The highest BCUT2D eigenvalue weighted by Gasteiger charge is 2.08. The molecule has 2 rings (SSSR count). The standard InChI is InChI=1S/C12H11FN2OS/c13-10-2-1-9(14)6-11(10)15-12(16)5-8-3-4-17-7-8/h1-4,6-7H,5,14H2,(H,15,16). The van der Waals surface area contributed by atoms with Gasteiger partial charge in [-0.05, 0) is 40.6 Å². The molecule has 0 radical (unpaired) electrons. The van der Waals surface area contributed by atoms with Crippen molar-refractivity contribution in [2.75, 3.05) is 11.1 Å². The van der Waals surface area contributed by atoms with Crippen molar-refractivity contribution in [1.82, 2.24) is 0 Å². The highest BCUT2D eigenvalue weighted by Crippen LogP contribution is 2.18. The van der Waals surface area contributed by atoms with E-state index in [0.29, 0.717) is 5.69 Å². The van der Waals surface area contributed by atoms with Crippen molar-refractivity contribution in [2.45, 2.75) is 6.42 Å². The second kappa shape index (κ2) is 4.97. The van der Waals surface area contributed by atoms with Crippen LogP contribution >= 0.6 is 11.3 Å². The number of halogens is 1. The number of nitrogens with two attached hydrogens (primary N) is 1. The summed E-state index contributed by atoms with van der Waals surface area (Å²) in [5.41, 5.74) is 6.97. The van der Waals surface area contributed by atoms with Crippen molar-refractivity contribution in [2.24, 2.45) is 0 Å². The Bertz CT molecular complexity index is 525. The lowest BCUT2D eigenvalue weighted by molar-refractivity contribution is -0.115. The number of amides is 1. The smallest absolute Gasteiger partial charge is 0.228 e. The van der Waals surface area contributed by atoms with Gasteiger partial charge in [0.15, 0.2) is 0 Å². The van der Waals surface area contributed by atoms with Crippen LogP contribution in [0.4, 0.5) is 15.8 Å². The largest absolute Gasteiger partial charge is 0.399 e. The Balaban J connectivity index is 2.05. The highest BCUT2D eigenvalue weighted by atomic mass is 32.1. The number of carbonyl (C=O) groups excluding carboxylic acids is 1. The minimum absolute atomic E-state index is 0.116. The molecule has 17 heavy (non-hydrogen) atoms. The van der Waals surface area contributed by atoms with Gasteiger partial charge in [-0.25, -0.2) is 4.39 Å². The molecular weight excluding hydrogens is 239 g/mol. The number of carbonyl (C=O) groups is 1. The first-order valence-corrected chi connectivity index (χ1v) is 5.95. The lowest BCUT2D eigenvalue weighted by atomic mass is 10.2. The molecule has 0 saturated heterocycles. The Morgan fingerprint density at radius 2 is 2.24 bits per heavy atom. The Labute approximate surface area is 102 Å². The van der Waals surface area contributed by atoms with Gasteiger partial charge < -0.3 is 11.1 Å². The summed E-state index contributed by atoms with van der Waals surface area (Å²) in [5.74, 6) is -0.745. The summed E-state index contributed by atoms with van der Waals surface area (Å²) in [4.78, 5) is 11.6. The third kappa shape index (κ3) is 3.04. The first kappa shape index (κ1) is 11.6. The topological polar surface area (TPSA) is 55.1 Å². The molecule has 0 atom stereocenters. The molecule has 88 valence electrons. The van der Waals surface area contributed by atoms with E-state index in [1.807, 2.05) is 16.8 Å². The van der Waals surface area contributed by atoms with E-state index in [-0.39, 0.29) is 18.0 Å². The number of hydrogen-bond donors (Lipinski definition) is 2. The number of hydrogen-bond acceptors (Lipinski definition) is 3. The minimum atomic E-state index is -0.488. The van der Waals surface area contributed by atoms with Gasteiger partial charge in [0.05, 0.1) is 12.1 Å². The van der Waals surface area contributed by atoms with E-state index < -0.39 is 5.82 Å². The lowest BCUT2D eigenvalue weighted by Crippen LogP contribution is -2.15. The monoisotopic (exact) mass is 250 g/mol. The van der Waals surface area contributed by atoms with E-state index >= 15 is 0 Å². The Morgan fingerprint density at radius 1 is 1.41 bits per heavy atom. The second-order valence-electron chi connectivity index (χ2n) is 3.60. The van der Waals surface area contributed by atoms with Crippen LogP contribution in [-0.2, 0) is 11.2 Å². The molecule has 0 aliphatic heterocycles. The van der Waals surface area contributed by atoms with Crippen LogP contribution in [-0.4, -0.2) is 5.91 Å². The average molecular weight is 250 g/mol. The van der Waals surface area contributed by atoms with Crippen LogP contribution in [0.3, 0.4) is 0 Å². The lowest BCUT2D eigenvalue weighted by Gasteiger charge is -2.06. The van der Waals surface area contributed by atoms with Crippen LogP contribution in [0.2, 0.25) is 0 Å². The second-order valence-corrected chi connectivity index (χ2v) is 4.38. The van der Waals surface area contributed by atoms with Crippen molar-refractivity contribution in [3.8, 4) is 0 Å². The predicted octanol–water partition coefficient (Wildman–Crippen LogP) is 2.65. The fourth-order valence-electron chi connectivity index (χ4n) is 1.41. The maximum absolute atomic E-state index is 13.3. The average Bonchev–Trinajstić information content (AvgIpc) is 2.76. The fraction of sp³-hybridized carbons (Fsp3) is 0.0833. The van der Waals surface area contributed by atoms with Crippen LogP contribution in [0.25, 0.3) is 0 Å². The van der Waals surface area contributed by atoms with Gasteiger partial charge in [-0.15, -0.1) is 0 Å². The zero-order valence-corrected chi connectivity index (χ0v) is 9.76. The minimum Gasteiger partial charge on any atom is -0.399 e. The molecule has 0 saturated carbocycles. The molecule has 1 aromatic heterocycles. The number of rotatable bonds is 3. The Morgan fingerprint density at radius 3 is 2.94 bits per heavy atom. The van der Waals surface area contributed by atoms with Gasteiger partial charge in [-0.3, -0.25) is 4.79 Å². The van der Waals surface area contributed by atoms with Gasteiger partial charge in [0, 0.05) is 5.69 Å². The maximum Gasteiger partial charge on any atom is 0.228 e. The van der Waals surface area contributed by atoms with Gasteiger partial charge in [0.25, 0.3) is 0 Å². The van der Waals surface area contributed by atoms with E-state index in [9.17, 15) is 9.18 Å². The van der Waals surface area contributed by atoms with Crippen molar-refractivity contribution in [3.05, 3.63) is 46.4 Å². The summed E-state index contributed by atoms with van der Waals surface area (Å²) in [6, 6.07) is 5.94. The molecular formula is C12H11FN2OS. The summed E-state index contributed by atoms with van der Waals surface area (Å²) in [6.45, 7) is 0. The Kier molecular flexibility index (Phi) is 3.39. The van der Waals surface area contributed by atoms with Crippen LogP contribution in [0.1, 0.15) is 5.56 Å². The molecule has 3 N–H and O–H groups in total. The molecule has 1 heterocycles. The molecule has 0 bridgehead atoms. The first-order valence-electron chi connectivity index (χ1n) is 5.01. The quantitative estimate of drug-likeness (QED) is 0.823. The summed E-state index contributed by atoms with van der Waals surface area (Å²) in [5, 5.41) is 6.28. The van der Waals surface area contributed by atoms with Crippen molar-refractivity contribution >= 4 is 28.6 Å². The molecule has 0 aliphatic rings. The van der Waals surface area contributed by atoms with E-state index in [0.717, 1.165) is 5.56 Å². The van der Waals surface area contributed by atoms with E-state index in [1.54, 1.807) is 0 Å². The van der Waals surface area contributed by atoms with Gasteiger partial charge >= 0.3 is 0 Å². The molecule has 5 heteroatoms. The number of anilines is 2. The third-order valence-corrected chi connectivity index (χ3v) is 2.94.